The molecule has 4 rings (SSSR count). The molecule has 9 heteroatoms. The van der Waals surface area contributed by atoms with Gasteiger partial charge >= 0.3 is 0 Å². The zero-order chi connectivity index (χ0) is 22.7. The number of benzene rings is 1. The number of Topliss-reactive ketones (excluding diaryl/α,β-unsaturated/α-hetero) is 1. The average Bonchev–Trinajstić information content (AvgIpc) is 3.52. The fraction of sp³-hybridized carbons (Fsp3) is 0.261. The van der Waals surface area contributed by atoms with Crippen LogP contribution in [0.25, 0.3) is 0 Å². The highest BCUT2D eigenvalue weighted by atomic mass is 32.2. The molecular weight excluding hydrogens is 449 g/mol. The fourth-order valence-electron chi connectivity index (χ4n) is 3.31. The van der Waals surface area contributed by atoms with Crippen molar-refractivity contribution in [2.24, 2.45) is 0 Å². The summed E-state index contributed by atoms with van der Waals surface area (Å²) >= 11 is 2.87. The number of carbonyl (C=O) groups is 1. The molecule has 32 heavy (non-hydrogen) atoms. The van der Waals surface area contributed by atoms with Crippen LogP contribution in [0.3, 0.4) is 0 Å². The average molecular weight is 472 g/mol. The number of aromatic nitrogens is 3. The number of hydrogen-bond acceptors (Lipinski definition) is 7. The number of thioether (sulfide) groups is 1. The SMILES string of the molecule is Cc1cc(C(=O)CSc2nnc(C(C)Oc3ccccc3F)o2)c(C)n1Cc1cccs1. The first kappa shape index (κ1) is 22.3. The van der Waals surface area contributed by atoms with E-state index in [1.807, 2.05) is 31.4 Å². The van der Waals surface area contributed by atoms with Crippen LogP contribution in [0.2, 0.25) is 0 Å². The number of halogens is 1. The third-order valence-corrected chi connectivity index (χ3v) is 6.68. The van der Waals surface area contributed by atoms with Crippen molar-refractivity contribution in [3.05, 3.63) is 81.4 Å². The molecule has 166 valence electrons. The lowest BCUT2D eigenvalue weighted by Gasteiger charge is -2.11. The minimum Gasteiger partial charge on any atom is -0.478 e. The summed E-state index contributed by atoms with van der Waals surface area (Å²) in [6.45, 7) is 6.42. The van der Waals surface area contributed by atoms with Crippen LogP contribution in [-0.2, 0) is 6.54 Å². The van der Waals surface area contributed by atoms with Gasteiger partial charge in [0.05, 0.1) is 12.3 Å². The molecule has 0 bridgehead atoms. The topological polar surface area (TPSA) is 70.2 Å². The van der Waals surface area contributed by atoms with Crippen LogP contribution in [0.15, 0.2) is 57.5 Å². The predicted molar refractivity (Wildman–Crippen MR) is 122 cm³/mol. The summed E-state index contributed by atoms with van der Waals surface area (Å²) in [6, 6.07) is 12.2. The molecule has 0 radical (unpaired) electrons. The van der Waals surface area contributed by atoms with E-state index in [9.17, 15) is 9.18 Å². The number of para-hydroxylation sites is 1. The molecule has 1 unspecified atom stereocenters. The van der Waals surface area contributed by atoms with Crippen LogP contribution in [0.4, 0.5) is 4.39 Å². The lowest BCUT2D eigenvalue weighted by atomic mass is 10.2. The molecule has 0 aliphatic carbocycles. The highest BCUT2D eigenvalue weighted by molar-refractivity contribution is 7.99. The lowest BCUT2D eigenvalue weighted by molar-refractivity contribution is 0.102. The number of rotatable bonds is 9. The molecule has 0 aliphatic rings. The van der Waals surface area contributed by atoms with Gasteiger partial charge in [0.15, 0.2) is 23.5 Å². The van der Waals surface area contributed by atoms with Crippen LogP contribution in [-0.4, -0.2) is 26.3 Å². The molecule has 0 fully saturated rings. The number of aryl methyl sites for hydroxylation is 1. The van der Waals surface area contributed by atoms with E-state index in [4.69, 9.17) is 9.15 Å². The minimum atomic E-state index is -0.624. The summed E-state index contributed by atoms with van der Waals surface area (Å²) in [6.07, 6.45) is -0.624. The largest absolute Gasteiger partial charge is 0.478 e. The third-order valence-electron chi connectivity index (χ3n) is 5.01. The maximum atomic E-state index is 13.8. The maximum absolute atomic E-state index is 13.8. The van der Waals surface area contributed by atoms with Crippen molar-refractivity contribution in [1.29, 1.82) is 0 Å². The Morgan fingerprint density at radius 3 is 2.81 bits per heavy atom. The highest BCUT2D eigenvalue weighted by Gasteiger charge is 2.20. The standard InChI is InChI=1S/C23H22FN3O3S2/c1-14-11-18(15(2)27(14)12-17-7-6-10-31-17)20(28)13-32-23-26-25-22(30-23)16(3)29-21-9-5-4-8-19(21)24/h4-11,16H,12-13H2,1-3H3. The number of nitrogens with zero attached hydrogens (tertiary/aromatic N) is 3. The molecule has 0 N–H and O–H groups in total. The van der Waals surface area contributed by atoms with Gasteiger partial charge in [-0.05, 0) is 50.4 Å². The van der Waals surface area contributed by atoms with Gasteiger partial charge in [-0.3, -0.25) is 4.79 Å². The van der Waals surface area contributed by atoms with E-state index in [-0.39, 0.29) is 28.4 Å². The molecule has 0 amide bonds. The quantitative estimate of drug-likeness (QED) is 0.225. The number of hydrogen-bond donors (Lipinski definition) is 0. The van der Waals surface area contributed by atoms with E-state index in [1.54, 1.807) is 30.4 Å². The molecule has 3 heterocycles. The van der Waals surface area contributed by atoms with Crippen LogP contribution in [0.5, 0.6) is 5.75 Å². The summed E-state index contributed by atoms with van der Waals surface area (Å²) in [4.78, 5) is 14.1. The molecular formula is C23H22FN3O3S2. The molecule has 0 spiro atoms. The number of ketones is 1. The van der Waals surface area contributed by atoms with Gasteiger partial charge in [-0.25, -0.2) is 4.39 Å². The first-order valence-corrected chi connectivity index (χ1v) is 11.9. The molecule has 1 aromatic carbocycles. The van der Waals surface area contributed by atoms with Gasteiger partial charge in [-0.2, -0.15) is 0 Å². The first-order chi connectivity index (χ1) is 15.4. The highest BCUT2D eigenvalue weighted by Crippen LogP contribution is 2.27. The Balaban J connectivity index is 1.38. The van der Waals surface area contributed by atoms with E-state index in [2.05, 4.69) is 20.8 Å². The number of thiophene rings is 1. The summed E-state index contributed by atoms with van der Waals surface area (Å²) in [5.41, 5.74) is 2.69. The molecule has 4 aromatic rings. The van der Waals surface area contributed by atoms with Crippen LogP contribution >= 0.6 is 23.1 Å². The van der Waals surface area contributed by atoms with E-state index < -0.39 is 11.9 Å². The zero-order valence-electron chi connectivity index (χ0n) is 17.9. The number of ether oxygens (including phenoxy) is 1. The monoisotopic (exact) mass is 471 g/mol. The second kappa shape index (κ2) is 9.70. The molecule has 0 saturated carbocycles. The van der Waals surface area contributed by atoms with Gasteiger partial charge in [0, 0.05) is 21.8 Å². The fourth-order valence-corrected chi connectivity index (χ4v) is 4.66. The van der Waals surface area contributed by atoms with Crippen LogP contribution in [0.1, 0.15) is 45.5 Å². The normalized spacial score (nSPS) is 12.1. The molecule has 6 nitrogen and oxygen atoms in total. The van der Waals surface area contributed by atoms with Crippen molar-refractivity contribution >= 4 is 28.9 Å². The van der Waals surface area contributed by atoms with E-state index in [0.29, 0.717) is 5.56 Å². The summed E-state index contributed by atoms with van der Waals surface area (Å²) in [5.74, 6) is 0.0394. The summed E-state index contributed by atoms with van der Waals surface area (Å²) < 4.78 is 27.1. The maximum Gasteiger partial charge on any atom is 0.277 e. The second-order valence-electron chi connectivity index (χ2n) is 7.26. The Bertz CT molecular complexity index is 1220. The smallest absolute Gasteiger partial charge is 0.277 e. The Morgan fingerprint density at radius 2 is 2.06 bits per heavy atom. The van der Waals surface area contributed by atoms with E-state index in [1.165, 1.54) is 28.8 Å². The van der Waals surface area contributed by atoms with Crippen molar-refractivity contribution < 1.29 is 18.3 Å². The van der Waals surface area contributed by atoms with Crippen molar-refractivity contribution in [3.63, 3.8) is 0 Å². The lowest BCUT2D eigenvalue weighted by Crippen LogP contribution is -2.07. The van der Waals surface area contributed by atoms with E-state index in [0.717, 1.165) is 17.9 Å². The first-order valence-electron chi connectivity index (χ1n) is 10.0. The van der Waals surface area contributed by atoms with Crippen molar-refractivity contribution in [2.45, 2.75) is 38.6 Å². The van der Waals surface area contributed by atoms with Crippen molar-refractivity contribution in [3.8, 4) is 5.75 Å². The Kier molecular flexibility index (Phi) is 6.76. The van der Waals surface area contributed by atoms with Gasteiger partial charge in [-0.1, -0.05) is 30.0 Å². The van der Waals surface area contributed by atoms with Gasteiger partial charge in [-0.15, -0.1) is 21.5 Å². The Hall–Kier alpha value is -2.91. The van der Waals surface area contributed by atoms with Gasteiger partial charge in [0.25, 0.3) is 11.1 Å². The molecule has 1 atom stereocenters. The van der Waals surface area contributed by atoms with Gasteiger partial charge < -0.3 is 13.7 Å². The Labute approximate surface area is 193 Å². The Morgan fingerprint density at radius 1 is 1.25 bits per heavy atom. The summed E-state index contributed by atoms with van der Waals surface area (Å²) in [7, 11) is 0. The predicted octanol–water partition coefficient (Wildman–Crippen LogP) is 5.85. The van der Waals surface area contributed by atoms with Crippen LogP contribution in [0, 0.1) is 19.7 Å². The van der Waals surface area contributed by atoms with Crippen LogP contribution < -0.4 is 4.74 Å². The minimum absolute atomic E-state index is 0.00376. The van der Waals surface area contributed by atoms with Crippen molar-refractivity contribution in [2.75, 3.05) is 5.75 Å². The van der Waals surface area contributed by atoms with E-state index >= 15 is 0 Å². The summed E-state index contributed by atoms with van der Waals surface area (Å²) in [5, 5.41) is 10.3. The number of carbonyl (C=O) groups excluding carboxylic acids is 1. The third kappa shape index (κ3) is 4.94. The van der Waals surface area contributed by atoms with Gasteiger partial charge in [0.1, 0.15) is 0 Å². The van der Waals surface area contributed by atoms with Gasteiger partial charge in [0.2, 0.25) is 0 Å². The molecule has 0 saturated heterocycles. The molecule has 3 aromatic heterocycles. The molecule has 0 aliphatic heterocycles. The zero-order valence-corrected chi connectivity index (χ0v) is 19.5. The van der Waals surface area contributed by atoms with Crippen molar-refractivity contribution in [1.82, 2.24) is 14.8 Å². The second-order valence-corrected chi connectivity index (χ2v) is 9.22.